The Morgan fingerprint density at radius 2 is 2.33 bits per heavy atom. The molecule has 3 unspecified atom stereocenters. The second-order valence-corrected chi connectivity index (χ2v) is 3.26. The van der Waals surface area contributed by atoms with Gasteiger partial charge in [-0.05, 0) is 26.7 Å². The Morgan fingerprint density at radius 3 is 2.83 bits per heavy atom. The van der Waals surface area contributed by atoms with Gasteiger partial charge in [0.15, 0.2) is 0 Å². The first-order valence-electron chi connectivity index (χ1n) is 4.47. The highest BCUT2D eigenvalue weighted by Crippen LogP contribution is 2.22. The molecule has 1 heterocycles. The molecule has 0 bridgehead atoms. The van der Waals surface area contributed by atoms with E-state index in [2.05, 4.69) is 11.8 Å². The van der Waals surface area contributed by atoms with E-state index in [-0.39, 0.29) is 6.10 Å². The van der Waals surface area contributed by atoms with Crippen molar-refractivity contribution in [2.24, 2.45) is 0 Å². The Morgan fingerprint density at radius 1 is 1.58 bits per heavy atom. The molecule has 0 aromatic carbocycles. The molecule has 1 N–H and O–H groups in total. The summed E-state index contributed by atoms with van der Waals surface area (Å²) in [6.45, 7) is 3.82. The number of rotatable bonds is 2. The van der Waals surface area contributed by atoms with Crippen LogP contribution in [0.25, 0.3) is 0 Å². The van der Waals surface area contributed by atoms with E-state index >= 15 is 0 Å². The van der Waals surface area contributed by atoms with E-state index in [0.717, 1.165) is 12.8 Å². The van der Waals surface area contributed by atoms with Gasteiger partial charge in [-0.15, -0.1) is 11.8 Å². The summed E-state index contributed by atoms with van der Waals surface area (Å²) in [6, 6.07) is 0. The number of hydrogen-bond donors (Lipinski definition) is 1. The Labute approximate surface area is 73.9 Å². The average Bonchev–Trinajstić information content (AvgIpc) is 2.47. The fourth-order valence-corrected chi connectivity index (χ4v) is 1.45. The highest BCUT2D eigenvalue weighted by molar-refractivity contribution is 4.98. The monoisotopic (exact) mass is 168 g/mol. The van der Waals surface area contributed by atoms with Gasteiger partial charge in [-0.1, -0.05) is 0 Å². The normalized spacial score (nSPS) is 30.9. The molecule has 3 atom stereocenters. The predicted octanol–water partition coefficient (Wildman–Crippen LogP) is 1.33. The maximum absolute atomic E-state index is 9.57. The van der Waals surface area contributed by atoms with Crippen molar-refractivity contribution in [1.82, 2.24) is 0 Å². The number of ether oxygens (including phenoxy) is 1. The van der Waals surface area contributed by atoms with Gasteiger partial charge in [-0.25, -0.2) is 0 Å². The minimum atomic E-state index is -0.401. The molecule has 0 saturated carbocycles. The topological polar surface area (TPSA) is 29.5 Å². The number of hydrogen-bond acceptors (Lipinski definition) is 2. The van der Waals surface area contributed by atoms with Crippen LogP contribution in [0.4, 0.5) is 0 Å². The van der Waals surface area contributed by atoms with Crippen LogP contribution in [0.5, 0.6) is 0 Å². The van der Waals surface area contributed by atoms with Crippen LogP contribution in [0.2, 0.25) is 0 Å². The third kappa shape index (κ3) is 2.51. The lowest BCUT2D eigenvalue weighted by molar-refractivity contribution is -0.0259. The third-order valence-corrected chi connectivity index (χ3v) is 2.18. The van der Waals surface area contributed by atoms with E-state index in [4.69, 9.17) is 4.74 Å². The molecule has 0 amide bonds. The smallest absolute Gasteiger partial charge is 0.0910 e. The molecular formula is C10H16O2. The zero-order valence-electron chi connectivity index (χ0n) is 7.71. The molecule has 2 heteroatoms. The maximum atomic E-state index is 9.57. The molecule has 0 aromatic rings. The highest BCUT2D eigenvalue weighted by atomic mass is 16.5. The lowest BCUT2D eigenvalue weighted by Gasteiger charge is -2.15. The second kappa shape index (κ2) is 4.49. The molecule has 0 aliphatic carbocycles. The molecule has 2 nitrogen and oxygen atoms in total. The van der Waals surface area contributed by atoms with Crippen LogP contribution in [-0.4, -0.2) is 23.4 Å². The molecule has 68 valence electrons. The first-order valence-corrected chi connectivity index (χ1v) is 4.47. The van der Waals surface area contributed by atoms with Gasteiger partial charge in [0.1, 0.15) is 0 Å². The van der Waals surface area contributed by atoms with Crippen molar-refractivity contribution in [3.8, 4) is 11.8 Å². The highest BCUT2D eigenvalue weighted by Gasteiger charge is 2.27. The minimum absolute atomic E-state index is 0.0147. The zero-order chi connectivity index (χ0) is 8.97. The van der Waals surface area contributed by atoms with Crippen molar-refractivity contribution in [3.63, 3.8) is 0 Å². The largest absolute Gasteiger partial charge is 0.389 e. The summed E-state index contributed by atoms with van der Waals surface area (Å²) in [4.78, 5) is 0. The summed E-state index contributed by atoms with van der Waals surface area (Å²) >= 11 is 0. The average molecular weight is 168 g/mol. The maximum Gasteiger partial charge on any atom is 0.0910 e. The third-order valence-electron chi connectivity index (χ3n) is 2.18. The zero-order valence-corrected chi connectivity index (χ0v) is 7.71. The lowest BCUT2D eigenvalue weighted by atomic mass is 10.1. The number of aliphatic hydroxyl groups excluding tert-OH is 1. The summed E-state index contributed by atoms with van der Waals surface area (Å²) in [7, 11) is 0. The van der Waals surface area contributed by atoms with E-state index in [9.17, 15) is 5.11 Å². The Balaban J connectivity index is 2.31. The first kappa shape index (κ1) is 9.57. The van der Waals surface area contributed by atoms with Crippen LogP contribution in [0.3, 0.4) is 0 Å². The predicted molar refractivity (Wildman–Crippen MR) is 47.6 cm³/mol. The molecule has 1 rings (SSSR count). The van der Waals surface area contributed by atoms with Gasteiger partial charge in [0, 0.05) is 6.42 Å². The molecule has 0 spiro atoms. The summed E-state index contributed by atoms with van der Waals surface area (Å²) in [5, 5.41) is 9.57. The summed E-state index contributed by atoms with van der Waals surface area (Å²) in [6.07, 6.45) is 2.48. The molecule has 1 aliphatic rings. The van der Waals surface area contributed by atoms with Crippen molar-refractivity contribution in [2.45, 2.75) is 51.4 Å². The van der Waals surface area contributed by atoms with Gasteiger partial charge in [0.25, 0.3) is 0 Å². The molecule has 12 heavy (non-hydrogen) atoms. The molecule has 1 saturated heterocycles. The summed E-state index contributed by atoms with van der Waals surface area (Å²) in [5.41, 5.74) is 0. The van der Waals surface area contributed by atoms with Crippen LogP contribution >= 0.6 is 0 Å². The van der Waals surface area contributed by atoms with Crippen LogP contribution < -0.4 is 0 Å². The van der Waals surface area contributed by atoms with Gasteiger partial charge in [0.05, 0.1) is 18.3 Å². The second-order valence-electron chi connectivity index (χ2n) is 3.26. The van der Waals surface area contributed by atoms with E-state index in [1.807, 2.05) is 6.92 Å². The molecule has 0 radical (unpaired) electrons. The van der Waals surface area contributed by atoms with Gasteiger partial charge in [0.2, 0.25) is 0 Å². The van der Waals surface area contributed by atoms with E-state index in [1.54, 1.807) is 6.92 Å². The quantitative estimate of drug-likeness (QED) is 0.630. The Kier molecular flexibility index (Phi) is 3.58. The van der Waals surface area contributed by atoms with E-state index in [1.165, 1.54) is 0 Å². The van der Waals surface area contributed by atoms with Crippen LogP contribution in [-0.2, 0) is 4.74 Å². The lowest BCUT2D eigenvalue weighted by Crippen LogP contribution is -2.25. The molecule has 0 aromatic heterocycles. The first-order chi connectivity index (χ1) is 5.74. The van der Waals surface area contributed by atoms with Crippen LogP contribution in [0.1, 0.15) is 33.1 Å². The van der Waals surface area contributed by atoms with Crippen LogP contribution in [0, 0.1) is 11.8 Å². The molecule has 1 fully saturated rings. The minimum Gasteiger partial charge on any atom is -0.389 e. The van der Waals surface area contributed by atoms with Gasteiger partial charge in [-0.2, -0.15) is 0 Å². The Bertz CT molecular complexity index is 190. The van der Waals surface area contributed by atoms with Crippen molar-refractivity contribution in [3.05, 3.63) is 0 Å². The van der Waals surface area contributed by atoms with Crippen molar-refractivity contribution >= 4 is 0 Å². The fourth-order valence-electron chi connectivity index (χ4n) is 1.45. The summed E-state index contributed by atoms with van der Waals surface area (Å²) in [5.74, 6) is 5.63. The molecular weight excluding hydrogens is 152 g/mol. The van der Waals surface area contributed by atoms with Gasteiger partial charge < -0.3 is 9.84 Å². The number of aliphatic hydroxyl groups is 1. The summed E-state index contributed by atoms with van der Waals surface area (Å²) < 4.78 is 5.50. The van der Waals surface area contributed by atoms with E-state index < -0.39 is 6.10 Å². The standard InChI is InChI=1S/C10H16O2/c1-3-4-5-9(11)10-7-6-8(2)12-10/h8-11H,5-7H2,1-2H3. The van der Waals surface area contributed by atoms with Gasteiger partial charge >= 0.3 is 0 Å². The van der Waals surface area contributed by atoms with Crippen LogP contribution in [0.15, 0.2) is 0 Å². The van der Waals surface area contributed by atoms with Crippen molar-refractivity contribution in [2.75, 3.05) is 0 Å². The van der Waals surface area contributed by atoms with Crippen molar-refractivity contribution < 1.29 is 9.84 Å². The fraction of sp³-hybridized carbons (Fsp3) is 0.800. The SMILES string of the molecule is CC#CCC(O)C1CCC(C)O1. The Hall–Kier alpha value is -0.520. The van der Waals surface area contributed by atoms with Crippen molar-refractivity contribution in [1.29, 1.82) is 0 Å². The molecule has 1 aliphatic heterocycles. The van der Waals surface area contributed by atoms with Gasteiger partial charge in [-0.3, -0.25) is 0 Å². The van der Waals surface area contributed by atoms with E-state index in [0.29, 0.717) is 12.5 Å².